The average Bonchev–Trinajstić information content (AvgIpc) is 3.40. The second-order valence-electron chi connectivity index (χ2n) is 7.16. The summed E-state index contributed by atoms with van der Waals surface area (Å²) in [6.07, 6.45) is 1.57. The van der Waals surface area contributed by atoms with Gasteiger partial charge in [-0.3, -0.25) is 4.79 Å². The number of aryl methyl sites for hydroxylation is 1. The SMILES string of the molecule is Cc1ccsc1CN(C(=O)Nc1ccc2c(c1)OC(C)C(=O)N2C)C1CC1. The number of fused-ring (bicyclic) bond motifs is 1. The quantitative estimate of drug-likeness (QED) is 0.865. The lowest BCUT2D eigenvalue weighted by Crippen LogP contribution is -2.42. The van der Waals surface area contributed by atoms with Gasteiger partial charge in [0.25, 0.3) is 5.91 Å². The number of nitrogens with one attached hydrogen (secondary N) is 1. The molecule has 1 aromatic carbocycles. The molecule has 7 heteroatoms. The number of anilines is 2. The number of nitrogens with zero attached hydrogens (tertiary/aromatic N) is 2. The van der Waals surface area contributed by atoms with Gasteiger partial charge in [0.1, 0.15) is 5.75 Å². The summed E-state index contributed by atoms with van der Waals surface area (Å²) in [6.45, 7) is 4.44. The molecular formula is C20H23N3O3S. The number of rotatable bonds is 4. The highest BCUT2D eigenvalue weighted by Gasteiger charge is 2.34. The minimum Gasteiger partial charge on any atom is -0.479 e. The molecule has 1 atom stereocenters. The summed E-state index contributed by atoms with van der Waals surface area (Å²) >= 11 is 1.69. The number of benzene rings is 1. The van der Waals surface area contributed by atoms with Crippen LogP contribution in [0.15, 0.2) is 29.6 Å². The summed E-state index contributed by atoms with van der Waals surface area (Å²) in [5.74, 6) is 0.528. The van der Waals surface area contributed by atoms with E-state index in [4.69, 9.17) is 4.74 Å². The fourth-order valence-corrected chi connectivity index (χ4v) is 4.17. The van der Waals surface area contributed by atoms with Gasteiger partial charge in [0.2, 0.25) is 0 Å². The van der Waals surface area contributed by atoms with Gasteiger partial charge >= 0.3 is 6.03 Å². The number of urea groups is 1. The molecule has 1 aliphatic heterocycles. The van der Waals surface area contributed by atoms with E-state index in [0.717, 1.165) is 12.8 Å². The average molecular weight is 385 g/mol. The summed E-state index contributed by atoms with van der Waals surface area (Å²) in [4.78, 5) is 29.6. The van der Waals surface area contributed by atoms with Crippen LogP contribution in [0, 0.1) is 6.92 Å². The molecular weight excluding hydrogens is 362 g/mol. The number of hydrogen-bond acceptors (Lipinski definition) is 4. The summed E-state index contributed by atoms with van der Waals surface area (Å²) in [6, 6.07) is 7.69. The first-order chi connectivity index (χ1) is 12.9. The van der Waals surface area contributed by atoms with Gasteiger partial charge in [-0.25, -0.2) is 4.79 Å². The number of amides is 3. The molecule has 1 N–H and O–H groups in total. The van der Waals surface area contributed by atoms with E-state index < -0.39 is 6.10 Å². The van der Waals surface area contributed by atoms with E-state index in [1.807, 2.05) is 4.90 Å². The molecule has 1 aliphatic carbocycles. The van der Waals surface area contributed by atoms with Crippen LogP contribution in [0.1, 0.15) is 30.2 Å². The lowest BCUT2D eigenvalue weighted by atomic mass is 10.2. The Bertz CT molecular complexity index is 890. The van der Waals surface area contributed by atoms with Crippen LogP contribution in [-0.4, -0.2) is 36.0 Å². The second kappa shape index (κ2) is 6.88. The van der Waals surface area contributed by atoms with Gasteiger partial charge in [-0.05, 0) is 55.8 Å². The van der Waals surface area contributed by atoms with Crippen LogP contribution in [0.3, 0.4) is 0 Å². The molecule has 2 aliphatic rings. The highest BCUT2D eigenvalue weighted by atomic mass is 32.1. The first kappa shape index (κ1) is 17.9. The van der Waals surface area contributed by atoms with Crippen molar-refractivity contribution in [2.45, 2.75) is 45.4 Å². The van der Waals surface area contributed by atoms with Crippen molar-refractivity contribution in [1.29, 1.82) is 0 Å². The molecule has 6 nitrogen and oxygen atoms in total. The summed E-state index contributed by atoms with van der Waals surface area (Å²) < 4.78 is 5.70. The summed E-state index contributed by atoms with van der Waals surface area (Å²) in [5.41, 5.74) is 2.61. The van der Waals surface area contributed by atoms with E-state index >= 15 is 0 Å². The van der Waals surface area contributed by atoms with Gasteiger partial charge in [0.15, 0.2) is 6.10 Å². The van der Waals surface area contributed by atoms with E-state index in [1.54, 1.807) is 48.4 Å². The Balaban J connectivity index is 1.51. The summed E-state index contributed by atoms with van der Waals surface area (Å²) in [7, 11) is 1.73. The molecule has 2 aromatic rings. The maximum Gasteiger partial charge on any atom is 0.322 e. The number of carbonyl (C=O) groups is 2. The van der Waals surface area contributed by atoms with Crippen LogP contribution < -0.4 is 15.0 Å². The van der Waals surface area contributed by atoms with Crippen molar-refractivity contribution in [3.05, 3.63) is 40.1 Å². The predicted octanol–water partition coefficient (Wildman–Crippen LogP) is 4.00. The zero-order valence-corrected chi connectivity index (χ0v) is 16.5. The van der Waals surface area contributed by atoms with Crippen molar-refractivity contribution < 1.29 is 14.3 Å². The highest BCUT2D eigenvalue weighted by molar-refractivity contribution is 7.10. The molecule has 142 valence electrons. The highest BCUT2D eigenvalue weighted by Crippen LogP contribution is 2.36. The first-order valence-corrected chi connectivity index (χ1v) is 10.0. The summed E-state index contributed by atoms with van der Waals surface area (Å²) in [5, 5.41) is 5.06. The molecule has 1 fully saturated rings. The molecule has 0 saturated heterocycles. The lowest BCUT2D eigenvalue weighted by Gasteiger charge is -2.30. The monoisotopic (exact) mass is 385 g/mol. The molecule has 1 saturated carbocycles. The van der Waals surface area contributed by atoms with Crippen LogP contribution in [-0.2, 0) is 11.3 Å². The zero-order valence-electron chi connectivity index (χ0n) is 15.7. The van der Waals surface area contributed by atoms with Crippen molar-refractivity contribution in [2.24, 2.45) is 0 Å². The van der Waals surface area contributed by atoms with Crippen LogP contribution in [0.25, 0.3) is 0 Å². The van der Waals surface area contributed by atoms with Crippen molar-refractivity contribution >= 4 is 34.6 Å². The maximum atomic E-state index is 12.9. The zero-order chi connectivity index (χ0) is 19.1. The lowest BCUT2D eigenvalue weighted by molar-refractivity contribution is -0.125. The van der Waals surface area contributed by atoms with Crippen molar-refractivity contribution in [1.82, 2.24) is 4.90 Å². The number of hydrogen-bond donors (Lipinski definition) is 1. The van der Waals surface area contributed by atoms with Gasteiger partial charge in [0, 0.05) is 29.7 Å². The number of thiophene rings is 1. The van der Waals surface area contributed by atoms with Gasteiger partial charge in [-0.2, -0.15) is 0 Å². The molecule has 1 aromatic heterocycles. The van der Waals surface area contributed by atoms with E-state index in [1.165, 1.54) is 10.4 Å². The minimum atomic E-state index is -0.529. The Morgan fingerprint density at radius 3 is 2.81 bits per heavy atom. The van der Waals surface area contributed by atoms with Crippen LogP contribution in [0.4, 0.5) is 16.2 Å². The number of ether oxygens (including phenoxy) is 1. The van der Waals surface area contributed by atoms with Crippen LogP contribution >= 0.6 is 11.3 Å². The van der Waals surface area contributed by atoms with Crippen molar-refractivity contribution in [3.63, 3.8) is 0 Å². The van der Waals surface area contributed by atoms with E-state index in [9.17, 15) is 9.59 Å². The molecule has 0 radical (unpaired) electrons. The van der Waals surface area contributed by atoms with E-state index in [2.05, 4.69) is 23.7 Å². The van der Waals surface area contributed by atoms with Crippen LogP contribution in [0.5, 0.6) is 5.75 Å². The Kier molecular flexibility index (Phi) is 4.55. The Hall–Kier alpha value is -2.54. The smallest absolute Gasteiger partial charge is 0.322 e. The van der Waals surface area contributed by atoms with E-state index in [-0.39, 0.29) is 11.9 Å². The Labute approximate surface area is 162 Å². The fourth-order valence-electron chi connectivity index (χ4n) is 3.26. The largest absolute Gasteiger partial charge is 0.479 e. The van der Waals surface area contributed by atoms with Gasteiger partial charge in [-0.1, -0.05) is 0 Å². The standard InChI is InChI=1S/C20H23N3O3S/c1-12-8-9-27-18(12)11-23(15-5-6-15)20(25)21-14-4-7-16-17(10-14)26-13(2)19(24)22(16)3/h4,7-10,13,15H,5-6,11H2,1-3H3,(H,21,25). The fraction of sp³-hybridized carbons (Fsp3) is 0.400. The molecule has 0 bridgehead atoms. The van der Waals surface area contributed by atoms with Gasteiger partial charge < -0.3 is 19.9 Å². The molecule has 2 heterocycles. The van der Waals surface area contributed by atoms with Gasteiger partial charge in [0.05, 0.1) is 12.2 Å². The molecule has 3 amide bonds. The normalized spacial score (nSPS) is 18.7. The van der Waals surface area contributed by atoms with Crippen molar-refractivity contribution in [2.75, 3.05) is 17.3 Å². The third-order valence-corrected chi connectivity index (χ3v) is 6.09. The molecule has 4 rings (SSSR count). The second-order valence-corrected chi connectivity index (χ2v) is 8.16. The number of likely N-dealkylation sites (N-methyl/N-ethyl adjacent to an activating group) is 1. The molecule has 0 spiro atoms. The first-order valence-electron chi connectivity index (χ1n) is 9.13. The Morgan fingerprint density at radius 1 is 1.37 bits per heavy atom. The number of carbonyl (C=O) groups excluding carboxylic acids is 2. The van der Waals surface area contributed by atoms with E-state index in [0.29, 0.717) is 29.7 Å². The maximum absolute atomic E-state index is 12.9. The molecule has 1 unspecified atom stereocenters. The predicted molar refractivity (Wildman–Crippen MR) is 107 cm³/mol. The third kappa shape index (κ3) is 3.51. The molecule has 27 heavy (non-hydrogen) atoms. The topological polar surface area (TPSA) is 61.9 Å². The Morgan fingerprint density at radius 2 is 2.15 bits per heavy atom. The van der Waals surface area contributed by atoms with Crippen molar-refractivity contribution in [3.8, 4) is 5.75 Å². The minimum absolute atomic E-state index is 0.0782. The third-order valence-electron chi connectivity index (χ3n) is 5.09. The van der Waals surface area contributed by atoms with Crippen LogP contribution in [0.2, 0.25) is 0 Å². The van der Waals surface area contributed by atoms with Gasteiger partial charge in [-0.15, -0.1) is 11.3 Å².